The average Bonchev–Trinajstić information content (AvgIpc) is 2.33. The summed E-state index contributed by atoms with van der Waals surface area (Å²) in [4.78, 5) is 23.2. The molecule has 5 heteroatoms. The van der Waals surface area contributed by atoms with Gasteiger partial charge in [-0.3, -0.25) is 9.59 Å². The van der Waals surface area contributed by atoms with Gasteiger partial charge in [0.2, 0.25) is 5.91 Å². The van der Waals surface area contributed by atoms with Gasteiger partial charge in [-0.15, -0.1) is 0 Å². The SMILES string of the molecule is CC(C)(O)CNC(=O)CCC(=O)c1ccc(F)cc1. The third-order valence-corrected chi connectivity index (χ3v) is 2.46. The smallest absolute Gasteiger partial charge is 0.220 e. The second kappa shape index (κ2) is 6.43. The van der Waals surface area contributed by atoms with E-state index in [-0.39, 0.29) is 31.1 Å². The quantitative estimate of drug-likeness (QED) is 0.771. The number of hydrogen-bond donors (Lipinski definition) is 2. The van der Waals surface area contributed by atoms with Crippen molar-refractivity contribution in [2.45, 2.75) is 32.3 Å². The Morgan fingerprint density at radius 3 is 2.32 bits per heavy atom. The predicted octanol–water partition coefficient (Wildman–Crippen LogP) is 1.68. The molecule has 0 aromatic heterocycles. The molecule has 19 heavy (non-hydrogen) atoms. The van der Waals surface area contributed by atoms with Crippen molar-refractivity contribution in [3.63, 3.8) is 0 Å². The highest BCUT2D eigenvalue weighted by molar-refractivity contribution is 5.97. The maximum absolute atomic E-state index is 12.7. The van der Waals surface area contributed by atoms with Gasteiger partial charge in [-0.2, -0.15) is 0 Å². The maximum Gasteiger partial charge on any atom is 0.220 e. The van der Waals surface area contributed by atoms with Gasteiger partial charge in [-0.25, -0.2) is 4.39 Å². The lowest BCUT2D eigenvalue weighted by Gasteiger charge is -2.17. The number of ketones is 1. The monoisotopic (exact) mass is 267 g/mol. The topological polar surface area (TPSA) is 66.4 Å². The molecule has 1 aromatic rings. The summed E-state index contributed by atoms with van der Waals surface area (Å²) in [6, 6.07) is 5.21. The standard InChI is InChI=1S/C14H18FNO3/c1-14(2,19)9-16-13(18)8-7-12(17)10-3-5-11(15)6-4-10/h3-6,19H,7-9H2,1-2H3,(H,16,18). The average molecular weight is 267 g/mol. The van der Waals surface area contributed by atoms with Crippen LogP contribution in [0.1, 0.15) is 37.0 Å². The number of Topliss-reactive ketones (excluding diaryl/α,β-unsaturated/α-hetero) is 1. The number of carbonyl (C=O) groups excluding carboxylic acids is 2. The molecule has 1 rings (SSSR count). The molecule has 0 aliphatic heterocycles. The first kappa shape index (κ1) is 15.3. The summed E-state index contributed by atoms with van der Waals surface area (Å²) in [5, 5.41) is 12.0. The molecule has 0 aliphatic carbocycles. The van der Waals surface area contributed by atoms with E-state index in [2.05, 4.69) is 5.32 Å². The van der Waals surface area contributed by atoms with E-state index in [1.807, 2.05) is 0 Å². The van der Waals surface area contributed by atoms with Crippen molar-refractivity contribution in [2.24, 2.45) is 0 Å². The van der Waals surface area contributed by atoms with Gasteiger partial charge in [0.1, 0.15) is 5.82 Å². The van der Waals surface area contributed by atoms with Gasteiger partial charge in [-0.1, -0.05) is 0 Å². The van der Waals surface area contributed by atoms with Crippen LogP contribution in [0.3, 0.4) is 0 Å². The Bertz CT molecular complexity index is 449. The minimum atomic E-state index is -0.976. The Balaban J connectivity index is 2.38. The molecule has 0 radical (unpaired) electrons. The fraction of sp³-hybridized carbons (Fsp3) is 0.429. The lowest BCUT2D eigenvalue weighted by Crippen LogP contribution is -2.38. The van der Waals surface area contributed by atoms with Crippen LogP contribution in [-0.4, -0.2) is 28.9 Å². The number of benzene rings is 1. The Morgan fingerprint density at radius 1 is 1.21 bits per heavy atom. The summed E-state index contributed by atoms with van der Waals surface area (Å²) >= 11 is 0. The molecule has 0 heterocycles. The van der Waals surface area contributed by atoms with Gasteiger partial charge >= 0.3 is 0 Å². The van der Waals surface area contributed by atoms with Gasteiger partial charge in [0.25, 0.3) is 0 Å². The van der Waals surface area contributed by atoms with Gasteiger partial charge in [-0.05, 0) is 38.1 Å². The summed E-state index contributed by atoms with van der Waals surface area (Å²) in [7, 11) is 0. The fourth-order valence-corrected chi connectivity index (χ4v) is 1.41. The number of amides is 1. The number of hydrogen-bond acceptors (Lipinski definition) is 3. The highest BCUT2D eigenvalue weighted by Gasteiger charge is 2.14. The first-order valence-corrected chi connectivity index (χ1v) is 6.06. The molecule has 4 nitrogen and oxygen atoms in total. The van der Waals surface area contributed by atoms with Crippen molar-refractivity contribution in [3.05, 3.63) is 35.6 Å². The first-order valence-electron chi connectivity index (χ1n) is 6.06. The lowest BCUT2D eigenvalue weighted by atomic mass is 10.1. The van der Waals surface area contributed by atoms with Gasteiger partial charge < -0.3 is 10.4 Å². The second-order valence-corrected chi connectivity index (χ2v) is 5.02. The molecule has 0 spiro atoms. The Kier molecular flexibility index (Phi) is 5.18. The van der Waals surface area contributed by atoms with Crippen LogP contribution in [0.25, 0.3) is 0 Å². The summed E-state index contributed by atoms with van der Waals surface area (Å²) in [5.74, 6) is -0.907. The number of halogens is 1. The summed E-state index contributed by atoms with van der Waals surface area (Å²) in [5.41, 5.74) is -0.590. The number of rotatable bonds is 6. The van der Waals surface area contributed by atoms with Crippen LogP contribution in [0.2, 0.25) is 0 Å². The van der Waals surface area contributed by atoms with Gasteiger partial charge in [0.15, 0.2) is 5.78 Å². The molecular weight excluding hydrogens is 249 g/mol. The molecule has 0 saturated carbocycles. The van der Waals surface area contributed by atoms with Crippen LogP contribution in [0.4, 0.5) is 4.39 Å². The van der Waals surface area contributed by atoms with E-state index in [1.165, 1.54) is 24.3 Å². The lowest BCUT2D eigenvalue weighted by molar-refractivity contribution is -0.122. The van der Waals surface area contributed by atoms with Crippen LogP contribution in [0.5, 0.6) is 0 Å². The molecule has 0 bridgehead atoms. The van der Waals surface area contributed by atoms with Crippen molar-refractivity contribution in [1.29, 1.82) is 0 Å². The van der Waals surface area contributed by atoms with Crippen molar-refractivity contribution >= 4 is 11.7 Å². The van der Waals surface area contributed by atoms with Crippen LogP contribution >= 0.6 is 0 Å². The summed E-state index contributed by atoms with van der Waals surface area (Å²) in [6.45, 7) is 3.30. The van der Waals surface area contributed by atoms with E-state index < -0.39 is 11.4 Å². The van der Waals surface area contributed by atoms with Crippen LogP contribution in [0.15, 0.2) is 24.3 Å². The molecule has 0 aliphatic rings. The third-order valence-electron chi connectivity index (χ3n) is 2.46. The largest absolute Gasteiger partial charge is 0.389 e. The molecular formula is C14H18FNO3. The zero-order chi connectivity index (χ0) is 14.5. The molecule has 0 atom stereocenters. The molecule has 104 valence electrons. The first-order chi connectivity index (χ1) is 8.78. The summed E-state index contributed by atoms with van der Waals surface area (Å²) < 4.78 is 12.7. The highest BCUT2D eigenvalue weighted by Crippen LogP contribution is 2.07. The molecule has 0 saturated heterocycles. The van der Waals surface area contributed by atoms with Crippen molar-refractivity contribution in [3.8, 4) is 0 Å². The third kappa shape index (κ3) is 6.10. The van der Waals surface area contributed by atoms with Crippen LogP contribution in [0, 0.1) is 5.82 Å². The minimum Gasteiger partial charge on any atom is -0.389 e. The zero-order valence-electron chi connectivity index (χ0n) is 11.1. The van der Waals surface area contributed by atoms with Crippen molar-refractivity contribution in [1.82, 2.24) is 5.32 Å². The van der Waals surface area contributed by atoms with Crippen LogP contribution in [-0.2, 0) is 4.79 Å². The van der Waals surface area contributed by atoms with E-state index in [0.29, 0.717) is 5.56 Å². The van der Waals surface area contributed by atoms with E-state index in [1.54, 1.807) is 13.8 Å². The van der Waals surface area contributed by atoms with Gasteiger partial charge in [0.05, 0.1) is 5.60 Å². The zero-order valence-corrected chi connectivity index (χ0v) is 11.1. The van der Waals surface area contributed by atoms with Crippen molar-refractivity contribution < 1.29 is 19.1 Å². The normalized spacial score (nSPS) is 11.2. The Hall–Kier alpha value is -1.75. The molecule has 0 fully saturated rings. The second-order valence-electron chi connectivity index (χ2n) is 5.02. The van der Waals surface area contributed by atoms with E-state index in [9.17, 15) is 19.1 Å². The van der Waals surface area contributed by atoms with E-state index >= 15 is 0 Å². The number of aliphatic hydroxyl groups is 1. The Morgan fingerprint density at radius 2 is 1.79 bits per heavy atom. The Labute approximate surface area is 111 Å². The fourth-order valence-electron chi connectivity index (χ4n) is 1.41. The molecule has 0 unspecified atom stereocenters. The number of nitrogens with one attached hydrogen (secondary N) is 1. The molecule has 1 aromatic carbocycles. The highest BCUT2D eigenvalue weighted by atomic mass is 19.1. The predicted molar refractivity (Wildman–Crippen MR) is 69.3 cm³/mol. The molecule has 2 N–H and O–H groups in total. The number of carbonyl (C=O) groups is 2. The van der Waals surface area contributed by atoms with Gasteiger partial charge in [0, 0.05) is 24.9 Å². The van der Waals surface area contributed by atoms with Crippen LogP contribution < -0.4 is 5.32 Å². The minimum absolute atomic E-state index is 0.0479. The van der Waals surface area contributed by atoms with Crippen molar-refractivity contribution in [2.75, 3.05) is 6.54 Å². The molecule has 1 amide bonds. The maximum atomic E-state index is 12.7. The van der Waals surface area contributed by atoms with E-state index in [4.69, 9.17) is 0 Å². The summed E-state index contributed by atoms with van der Waals surface area (Å²) in [6.07, 6.45) is 0.107. The van der Waals surface area contributed by atoms with E-state index in [0.717, 1.165) is 0 Å².